The molecule has 3 rings (SSSR count). The van der Waals surface area contributed by atoms with Crippen LogP contribution in [0.1, 0.15) is 5.56 Å². The van der Waals surface area contributed by atoms with Crippen molar-refractivity contribution in [3.8, 4) is 11.3 Å². The van der Waals surface area contributed by atoms with Gasteiger partial charge >= 0.3 is 6.18 Å². The zero-order valence-electron chi connectivity index (χ0n) is 12.6. The Morgan fingerprint density at radius 1 is 1.00 bits per heavy atom. The Morgan fingerprint density at radius 2 is 1.65 bits per heavy atom. The third kappa shape index (κ3) is 5.94. The predicted molar refractivity (Wildman–Crippen MR) is 94.8 cm³/mol. The quantitative estimate of drug-likeness (QED) is 0.494. The number of hydrogen-bond donors (Lipinski definition) is 0. The van der Waals surface area contributed by atoms with Gasteiger partial charge in [-0.15, -0.1) is 11.3 Å². The number of rotatable bonds is 2. The van der Waals surface area contributed by atoms with Gasteiger partial charge < -0.3 is 0 Å². The van der Waals surface area contributed by atoms with Crippen molar-refractivity contribution in [2.75, 3.05) is 0 Å². The van der Waals surface area contributed by atoms with Gasteiger partial charge in [0, 0.05) is 22.4 Å². The predicted octanol–water partition coefficient (Wildman–Crippen LogP) is 5.49. The first-order chi connectivity index (χ1) is 12.1. The van der Waals surface area contributed by atoms with Gasteiger partial charge in [-0.3, -0.25) is 0 Å². The highest BCUT2D eigenvalue weighted by atomic mass is 35.7. The minimum absolute atomic E-state index is 0.0826. The van der Waals surface area contributed by atoms with E-state index in [2.05, 4.69) is 9.97 Å². The van der Waals surface area contributed by atoms with Crippen LogP contribution in [0.5, 0.6) is 0 Å². The molecule has 11 heteroatoms. The summed E-state index contributed by atoms with van der Waals surface area (Å²) in [5.41, 5.74) is 0.574. The second-order valence-corrected chi connectivity index (χ2v) is 9.17. The van der Waals surface area contributed by atoms with Gasteiger partial charge in [0.15, 0.2) is 0 Å². The summed E-state index contributed by atoms with van der Waals surface area (Å²) < 4.78 is 58.5. The summed E-state index contributed by atoms with van der Waals surface area (Å²) in [4.78, 5) is 7.69. The van der Waals surface area contributed by atoms with Crippen molar-refractivity contribution in [1.82, 2.24) is 9.97 Å². The van der Waals surface area contributed by atoms with E-state index in [4.69, 9.17) is 22.3 Å². The summed E-state index contributed by atoms with van der Waals surface area (Å²) in [6.45, 7) is 0. The van der Waals surface area contributed by atoms with Crippen LogP contribution in [0.2, 0.25) is 4.34 Å². The van der Waals surface area contributed by atoms with Crippen molar-refractivity contribution in [2.45, 2.75) is 10.4 Å². The van der Waals surface area contributed by atoms with Gasteiger partial charge in [-0.25, -0.2) is 18.4 Å². The molecule has 4 nitrogen and oxygen atoms in total. The number of nitrogens with zero attached hydrogens (tertiary/aromatic N) is 2. The number of halogens is 5. The molecule has 0 amide bonds. The summed E-state index contributed by atoms with van der Waals surface area (Å²) in [6.07, 6.45) is -1.41. The average molecular weight is 441 g/mol. The zero-order valence-corrected chi connectivity index (χ0v) is 15.8. The van der Waals surface area contributed by atoms with Crippen LogP contribution in [0, 0.1) is 0 Å². The van der Waals surface area contributed by atoms with Crippen LogP contribution in [0.25, 0.3) is 11.3 Å². The van der Waals surface area contributed by atoms with Gasteiger partial charge in [0.1, 0.15) is 10.5 Å². The molecule has 0 unspecified atom stereocenters. The largest absolute Gasteiger partial charge is 0.416 e. The Hall–Kier alpha value is -1.68. The van der Waals surface area contributed by atoms with Gasteiger partial charge in [0.05, 0.1) is 15.6 Å². The van der Waals surface area contributed by atoms with E-state index in [1.54, 1.807) is 12.3 Å². The molecule has 0 aliphatic heterocycles. The van der Waals surface area contributed by atoms with Crippen LogP contribution >= 0.6 is 33.6 Å². The van der Waals surface area contributed by atoms with E-state index in [0.717, 1.165) is 23.5 Å². The molecule has 1 aromatic carbocycles. The van der Waals surface area contributed by atoms with E-state index >= 15 is 0 Å². The summed E-state index contributed by atoms with van der Waals surface area (Å²) in [5, 5.41) is 0. The Kier molecular flexibility index (Phi) is 6.62. The first kappa shape index (κ1) is 20.6. The van der Waals surface area contributed by atoms with Gasteiger partial charge in [-0.1, -0.05) is 23.7 Å². The van der Waals surface area contributed by atoms with Crippen LogP contribution in [0.4, 0.5) is 13.2 Å². The molecule has 0 aliphatic carbocycles. The lowest BCUT2D eigenvalue weighted by atomic mass is 10.1. The number of hydrogen-bond acceptors (Lipinski definition) is 5. The fourth-order valence-corrected chi connectivity index (χ4v) is 3.97. The number of alkyl halides is 3. The zero-order chi connectivity index (χ0) is 19.4. The lowest BCUT2D eigenvalue weighted by molar-refractivity contribution is -0.137. The van der Waals surface area contributed by atoms with Crippen LogP contribution < -0.4 is 0 Å². The molecule has 0 bridgehead atoms. The molecule has 0 radical (unpaired) electrons. The minimum atomic E-state index is -4.30. The summed E-state index contributed by atoms with van der Waals surface area (Å²) in [5.74, 6) is 0. The highest BCUT2D eigenvalue weighted by Gasteiger charge is 2.29. The first-order valence-electron chi connectivity index (χ1n) is 6.71. The molecule has 0 spiro atoms. The fourth-order valence-electron chi connectivity index (χ4n) is 1.72. The van der Waals surface area contributed by atoms with Crippen LogP contribution in [0.15, 0.2) is 59.2 Å². The van der Waals surface area contributed by atoms with Crippen molar-refractivity contribution < 1.29 is 21.6 Å². The van der Waals surface area contributed by atoms with Crippen LogP contribution in [0.3, 0.4) is 0 Å². The first-order valence-corrected chi connectivity index (χ1v) is 10.2. The van der Waals surface area contributed by atoms with E-state index in [-0.39, 0.29) is 4.21 Å². The van der Waals surface area contributed by atoms with Gasteiger partial charge in [-0.2, -0.15) is 13.2 Å². The van der Waals surface area contributed by atoms with E-state index in [9.17, 15) is 21.6 Å². The van der Waals surface area contributed by atoms with E-state index in [1.165, 1.54) is 30.6 Å². The number of thiophene rings is 1. The maximum Gasteiger partial charge on any atom is 0.416 e. The van der Waals surface area contributed by atoms with Gasteiger partial charge in [0.25, 0.3) is 9.05 Å². The van der Waals surface area contributed by atoms with Crippen LogP contribution in [-0.4, -0.2) is 18.4 Å². The van der Waals surface area contributed by atoms with E-state index < -0.39 is 20.8 Å². The number of aromatic nitrogens is 2. The third-order valence-electron chi connectivity index (χ3n) is 2.88. The van der Waals surface area contributed by atoms with Crippen molar-refractivity contribution >= 4 is 42.7 Å². The Morgan fingerprint density at radius 3 is 2.04 bits per heavy atom. The maximum atomic E-state index is 12.3. The van der Waals surface area contributed by atoms with Crippen molar-refractivity contribution in [2.24, 2.45) is 0 Å². The van der Waals surface area contributed by atoms with Gasteiger partial charge in [-0.05, 0) is 30.3 Å². The molecule has 26 heavy (non-hydrogen) atoms. The molecule has 0 fully saturated rings. The lowest BCUT2D eigenvalue weighted by Gasteiger charge is -2.06. The van der Waals surface area contributed by atoms with Crippen LogP contribution in [-0.2, 0) is 15.2 Å². The Bertz CT molecular complexity index is 961. The monoisotopic (exact) mass is 440 g/mol. The Balaban J connectivity index is 0.000000209. The molecule has 2 aromatic heterocycles. The second kappa shape index (κ2) is 8.34. The average Bonchev–Trinajstić information content (AvgIpc) is 3.03. The topological polar surface area (TPSA) is 59.9 Å². The molecule has 0 atom stereocenters. The minimum Gasteiger partial charge on any atom is -0.245 e. The van der Waals surface area contributed by atoms with Crippen molar-refractivity contribution in [3.05, 3.63) is 64.9 Å². The van der Waals surface area contributed by atoms with Crippen molar-refractivity contribution in [1.29, 1.82) is 0 Å². The van der Waals surface area contributed by atoms with Crippen molar-refractivity contribution in [3.63, 3.8) is 0 Å². The van der Waals surface area contributed by atoms with Gasteiger partial charge in [0.2, 0.25) is 0 Å². The summed E-state index contributed by atoms with van der Waals surface area (Å²) in [6, 6.07) is 9.37. The van der Waals surface area contributed by atoms with E-state index in [0.29, 0.717) is 15.6 Å². The molecule has 0 N–H and O–H groups in total. The molecule has 2 heterocycles. The highest BCUT2D eigenvalue weighted by molar-refractivity contribution is 8.15. The molecule has 0 saturated heterocycles. The molecule has 138 valence electrons. The Labute approximate surface area is 160 Å². The van der Waals surface area contributed by atoms with E-state index in [1.807, 2.05) is 0 Å². The lowest BCUT2D eigenvalue weighted by Crippen LogP contribution is -2.04. The molecule has 0 aliphatic rings. The molecular weight excluding hydrogens is 432 g/mol. The molecule has 3 aromatic rings. The highest BCUT2D eigenvalue weighted by Crippen LogP contribution is 2.30. The molecular formula is C15H9Cl2F3N2O2S2. The number of benzene rings is 1. The standard InChI is InChI=1S/C11H7F3N2.C4H2Cl2O2S2/c12-11(13,14)9-3-1-8(2-4-9)10-5-6-15-7-16-10;5-3-1-2-4(9-3)10(6,7)8/h1-7H;1-2H. The second-order valence-electron chi connectivity index (χ2n) is 4.67. The normalized spacial score (nSPS) is 11.6. The summed E-state index contributed by atoms with van der Waals surface area (Å²) in [7, 11) is 1.42. The SMILES string of the molecule is FC(F)(F)c1ccc(-c2ccncn2)cc1.O=S(=O)(Cl)c1ccc(Cl)s1. The maximum absolute atomic E-state index is 12.3. The fraction of sp³-hybridized carbons (Fsp3) is 0.0667. The third-order valence-corrected chi connectivity index (χ3v) is 6.20. The smallest absolute Gasteiger partial charge is 0.245 e. The molecule has 0 saturated carbocycles. The summed E-state index contributed by atoms with van der Waals surface area (Å²) >= 11 is 6.40.